The molecule has 0 aliphatic heterocycles. The van der Waals surface area contributed by atoms with Crippen molar-refractivity contribution in [2.45, 2.75) is 31.9 Å². The number of fused-ring (bicyclic) bond motifs is 2. The van der Waals surface area contributed by atoms with Gasteiger partial charge in [-0.05, 0) is 19.1 Å². The van der Waals surface area contributed by atoms with E-state index in [1.165, 1.54) is 0 Å². The number of furan rings is 1. The van der Waals surface area contributed by atoms with Crippen molar-refractivity contribution >= 4 is 22.7 Å². The molecule has 30 heavy (non-hydrogen) atoms. The van der Waals surface area contributed by atoms with E-state index in [-0.39, 0.29) is 12.1 Å². The number of rotatable bonds is 6. The quantitative estimate of drug-likeness (QED) is 0.498. The Morgan fingerprint density at radius 3 is 3.00 bits per heavy atom. The fourth-order valence-electron chi connectivity index (χ4n) is 3.53. The minimum absolute atomic E-state index is 0.0789. The Bertz CT molecular complexity index is 1230. The molecule has 1 amide bonds. The second-order valence-electron chi connectivity index (χ2n) is 7.01. The number of nitrogens with one attached hydrogen (secondary N) is 1. The maximum atomic E-state index is 10.7. The predicted molar refractivity (Wildman–Crippen MR) is 106 cm³/mol. The van der Waals surface area contributed by atoms with Crippen molar-refractivity contribution < 1.29 is 23.8 Å². The van der Waals surface area contributed by atoms with Crippen LogP contribution < -0.4 is 14.8 Å². The molecule has 5 rings (SSSR count). The lowest BCUT2D eigenvalue weighted by atomic mass is 9.89. The number of hydrogen-bond acceptors (Lipinski definition) is 7. The van der Waals surface area contributed by atoms with Gasteiger partial charge in [0.05, 0.1) is 18.2 Å². The SMILES string of the molecule is CCOc1nccc2oc(-c3cnc4ccc(OC5CC(NC(=O)O)C5)nn34)cc12. The molecule has 154 valence electrons. The normalized spacial score (nSPS) is 18.3. The third-order valence-corrected chi connectivity index (χ3v) is 4.99. The summed E-state index contributed by atoms with van der Waals surface area (Å²) in [7, 11) is 0. The molecule has 2 N–H and O–H groups in total. The average molecular weight is 409 g/mol. The zero-order valence-electron chi connectivity index (χ0n) is 16.1. The number of imidazole rings is 1. The first-order valence-corrected chi connectivity index (χ1v) is 9.63. The summed E-state index contributed by atoms with van der Waals surface area (Å²) in [6.45, 7) is 2.41. The smallest absolute Gasteiger partial charge is 0.404 e. The number of carboxylic acid groups (broad SMARTS) is 1. The van der Waals surface area contributed by atoms with E-state index in [9.17, 15) is 4.79 Å². The molecular weight excluding hydrogens is 390 g/mol. The Balaban J connectivity index is 1.42. The van der Waals surface area contributed by atoms with Crippen LogP contribution in [-0.4, -0.2) is 49.5 Å². The van der Waals surface area contributed by atoms with Crippen molar-refractivity contribution in [3.05, 3.63) is 36.7 Å². The lowest BCUT2D eigenvalue weighted by molar-refractivity contribution is 0.0782. The zero-order chi connectivity index (χ0) is 20.7. The van der Waals surface area contributed by atoms with Crippen molar-refractivity contribution in [3.8, 4) is 23.2 Å². The van der Waals surface area contributed by atoms with Crippen LogP contribution in [0, 0.1) is 0 Å². The van der Waals surface area contributed by atoms with Crippen LogP contribution >= 0.6 is 0 Å². The Labute approximate surface area is 170 Å². The summed E-state index contributed by atoms with van der Waals surface area (Å²) in [6.07, 6.45) is 3.46. The first-order valence-electron chi connectivity index (χ1n) is 9.63. The van der Waals surface area contributed by atoms with Gasteiger partial charge in [-0.2, -0.15) is 0 Å². The van der Waals surface area contributed by atoms with Gasteiger partial charge in [0.15, 0.2) is 11.4 Å². The van der Waals surface area contributed by atoms with Gasteiger partial charge in [-0.25, -0.2) is 19.3 Å². The molecule has 4 heterocycles. The molecule has 0 unspecified atom stereocenters. The summed E-state index contributed by atoms with van der Waals surface area (Å²) >= 11 is 0. The van der Waals surface area contributed by atoms with Crippen molar-refractivity contribution in [2.75, 3.05) is 6.61 Å². The lowest BCUT2D eigenvalue weighted by Gasteiger charge is -2.34. The molecule has 4 aromatic heterocycles. The molecular formula is C20H19N5O5. The molecule has 4 aromatic rings. The molecule has 0 bridgehead atoms. The molecule has 0 radical (unpaired) electrons. The van der Waals surface area contributed by atoms with Crippen molar-refractivity contribution in [1.29, 1.82) is 0 Å². The van der Waals surface area contributed by atoms with Gasteiger partial charge >= 0.3 is 6.09 Å². The third-order valence-electron chi connectivity index (χ3n) is 4.99. The van der Waals surface area contributed by atoms with E-state index in [2.05, 4.69) is 20.4 Å². The van der Waals surface area contributed by atoms with Gasteiger partial charge in [-0.15, -0.1) is 5.10 Å². The van der Waals surface area contributed by atoms with Crippen molar-refractivity contribution in [3.63, 3.8) is 0 Å². The lowest BCUT2D eigenvalue weighted by Crippen LogP contribution is -2.48. The summed E-state index contributed by atoms with van der Waals surface area (Å²) in [5.41, 5.74) is 1.99. The van der Waals surface area contributed by atoms with E-state index in [1.807, 2.05) is 19.1 Å². The van der Waals surface area contributed by atoms with Crippen LogP contribution in [0.3, 0.4) is 0 Å². The number of carbonyl (C=O) groups is 1. The van der Waals surface area contributed by atoms with Crippen LogP contribution in [0.5, 0.6) is 11.8 Å². The minimum atomic E-state index is -1.02. The number of hydrogen-bond donors (Lipinski definition) is 2. The highest BCUT2D eigenvalue weighted by Crippen LogP contribution is 2.33. The van der Waals surface area contributed by atoms with Gasteiger partial charge in [-0.3, -0.25) is 0 Å². The molecule has 1 aliphatic rings. The first kappa shape index (κ1) is 18.2. The summed E-state index contributed by atoms with van der Waals surface area (Å²) in [6, 6.07) is 7.13. The fourth-order valence-corrected chi connectivity index (χ4v) is 3.53. The standard InChI is InChI=1S/C20H19N5O5/c1-2-28-19-13-9-16(30-15(13)5-6-21-19)14-10-22-17-3-4-18(24-25(14)17)29-12-7-11(8-12)23-20(26)27/h3-6,9-12,23H,2,7-8H2,1H3,(H,26,27). The third kappa shape index (κ3) is 3.25. The monoisotopic (exact) mass is 409 g/mol. The summed E-state index contributed by atoms with van der Waals surface area (Å²) in [4.78, 5) is 19.3. The van der Waals surface area contributed by atoms with E-state index in [4.69, 9.17) is 19.0 Å². The van der Waals surface area contributed by atoms with E-state index < -0.39 is 6.09 Å². The van der Waals surface area contributed by atoms with E-state index in [0.717, 1.165) is 5.39 Å². The molecule has 1 saturated carbocycles. The van der Waals surface area contributed by atoms with Gasteiger partial charge < -0.3 is 24.3 Å². The summed E-state index contributed by atoms with van der Waals surface area (Å²) in [5, 5.41) is 16.5. The van der Waals surface area contributed by atoms with Crippen molar-refractivity contribution in [2.24, 2.45) is 0 Å². The zero-order valence-corrected chi connectivity index (χ0v) is 16.1. The predicted octanol–water partition coefficient (Wildman–Crippen LogP) is 3.11. The van der Waals surface area contributed by atoms with Gasteiger partial charge in [0.25, 0.3) is 0 Å². The van der Waals surface area contributed by atoms with Gasteiger partial charge in [0, 0.05) is 37.2 Å². The maximum absolute atomic E-state index is 10.7. The van der Waals surface area contributed by atoms with E-state index in [0.29, 0.717) is 53.9 Å². The number of nitrogens with zero attached hydrogens (tertiary/aromatic N) is 4. The second kappa shape index (κ2) is 7.21. The van der Waals surface area contributed by atoms with Crippen LogP contribution in [0.2, 0.25) is 0 Å². The second-order valence-corrected chi connectivity index (χ2v) is 7.01. The molecule has 10 nitrogen and oxygen atoms in total. The Morgan fingerprint density at radius 2 is 2.20 bits per heavy atom. The highest BCUT2D eigenvalue weighted by Gasteiger charge is 2.32. The molecule has 1 aliphatic carbocycles. The van der Waals surface area contributed by atoms with Crippen LogP contribution in [0.4, 0.5) is 4.79 Å². The Morgan fingerprint density at radius 1 is 1.33 bits per heavy atom. The number of ether oxygens (including phenoxy) is 2. The number of amides is 1. The van der Waals surface area contributed by atoms with Crippen LogP contribution in [0.1, 0.15) is 19.8 Å². The minimum Gasteiger partial charge on any atom is -0.477 e. The highest BCUT2D eigenvalue weighted by molar-refractivity contribution is 5.86. The van der Waals surface area contributed by atoms with Gasteiger partial charge in [0.2, 0.25) is 11.8 Å². The number of pyridine rings is 1. The summed E-state index contributed by atoms with van der Waals surface area (Å²) < 4.78 is 19.1. The van der Waals surface area contributed by atoms with E-state index >= 15 is 0 Å². The van der Waals surface area contributed by atoms with Crippen LogP contribution in [0.15, 0.2) is 41.1 Å². The Hall–Kier alpha value is -3.82. The molecule has 1 fully saturated rings. The molecule has 0 aromatic carbocycles. The first-order chi connectivity index (χ1) is 14.6. The van der Waals surface area contributed by atoms with Gasteiger partial charge in [-0.1, -0.05) is 0 Å². The van der Waals surface area contributed by atoms with Gasteiger partial charge in [0.1, 0.15) is 17.4 Å². The number of aromatic nitrogens is 4. The van der Waals surface area contributed by atoms with E-state index in [1.54, 1.807) is 29.0 Å². The van der Waals surface area contributed by atoms with Crippen LogP contribution in [-0.2, 0) is 0 Å². The summed E-state index contributed by atoms with van der Waals surface area (Å²) in [5.74, 6) is 1.55. The fraction of sp³-hybridized carbons (Fsp3) is 0.300. The van der Waals surface area contributed by atoms with Crippen molar-refractivity contribution in [1.82, 2.24) is 24.9 Å². The molecule has 0 saturated heterocycles. The maximum Gasteiger partial charge on any atom is 0.404 e. The highest BCUT2D eigenvalue weighted by atomic mass is 16.5. The Kier molecular flexibility index (Phi) is 4.38. The largest absolute Gasteiger partial charge is 0.477 e. The molecule has 10 heteroatoms. The molecule has 0 atom stereocenters. The molecule has 0 spiro atoms. The average Bonchev–Trinajstić information content (AvgIpc) is 3.30. The van der Waals surface area contributed by atoms with Crippen LogP contribution in [0.25, 0.3) is 28.1 Å². The topological polar surface area (TPSA) is 124 Å².